The van der Waals surface area contributed by atoms with Gasteiger partial charge < -0.3 is 5.11 Å². The Labute approximate surface area is 140 Å². The van der Waals surface area contributed by atoms with Gasteiger partial charge in [-0.2, -0.15) is 0 Å². The summed E-state index contributed by atoms with van der Waals surface area (Å²) in [6.07, 6.45) is 5.56. The van der Waals surface area contributed by atoms with Crippen molar-refractivity contribution in [2.45, 2.75) is 38.1 Å². The van der Waals surface area contributed by atoms with Gasteiger partial charge in [-0.25, -0.2) is 4.79 Å². The Morgan fingerprint density at radius 3 is 2.42 bits per heavy atom. The predicted octanol–water partition coefficient (Wildman–Crippen LogP) is 3.15. The summed E-state index contributed by atoms with van der Waals surface area (Å²) in [6.45, 7) is 0. The first-order valence-electron chi connectivity index (χ1n) is 9.00. The fourth-order valence-corrected chi connectivity index (χ4v) is 7.03. The van der Waals surface area contributed by atoms with Crippen LogP contribution in [0.3, 0.4) is 0 Å². The molecule has 24 heavy (non-hydrogen) atoms. The molecule has 1 N–H and O–H groups in total. The van der Waals surface area contributed by atoms with Crippen molar-refractivity contribution < 1.29 is 14.7 Å². The van der Waals surface area contributed by atoms with E-state index in [0.717, 1.165) is 24.1 Å². The van der Waals surface area contributed by atoms with Gasteiger partial charge in [-0.15, -0.1) is 0 Å². The summed E-state index contributed by atoms with van der Waals surface area (Å²) in [7, 11) is 0. The Kier molecular flexibility index (Phi) is 2.16. The first kappa shape index (κ1) is 13.2. The third-order valence-electron chi connectivity index (χ3n) is 7.30. The lowest BCUT2D eigenvalue weighted by molar-refractivity contribution is -0.148. The smallest absolute Gasteiger partial charge is 0.327 e. The molecule has 122 valence electrons. The van der Waals surface area contributed by atoms with Crippen LogP contribution in [0.4, 0.5) is 0 Å². The van der Waals surface area contributed by atoms with E-state index >= 15 is 0 Å². The average molecular weight is 321 g/mol. The van der Waals surface area contributed by atoms with Crippen molar-refractivity contribution in [2.24, 2.45) is 23.2 Å². The lowest BCUT2D eigenvalue weighted by atomic mass is 9.46. The zero-order valence-electron chi connectivity index (χ0n) is 13.4. The van der Waals surface area contributed by atoms with E-state index in [1.165, 1.54) is 24.8 Å². The highest BCUT2D eigenvalue weighted by molar-refractivity contribution is 6.13. The zero-order chi connectivity index (χ0) is 16.2. The average Bonchev–Trinajstić information content (AvgIpc) is 2.98. The molecule has 4 bridgehead atoms. The number of amides is 1. The number of hydrogen-bond donors (Lipinski definition) is 1. The van der Waals surface area contributed by atoms with Gasteiger partial charge in [0.05, 0.1) is 5.70 Å². The Hall–Kier alpha value is -2.10. The van der Waals surface area contributed by atoms with E-state index in [9.17, 15) is 14.7 Å². The second kappa shape index (κ2) is 3.93. The van der Waals surface area contributed by atoms with E-state index in [-0.39, 0.29) is 11.3 Å². The highest BCUT2D eigenvalue weighted by atomic mass is 16.4. The molecule has 1 amide bonds. The summed E-state index contributed by atoms with van der Waals surface area (Å²) in [6, 6.07) is 6.96. The minimum Gasteiger partial charge on any atom is -0.480 e. The zero-order valence-corrected chi connectivity index (χ0v) is 13.4. The first-order valence-corrected chi connectivity index (χ1v) is 9.00. The summed E-state index contributed by atoms with van der Waals surface area (Å²) in [5, 5.41) is 10.1. The van der Waals surface area contributed by atoms with Crippen molar-refractivity contribution >= 4 is 17.6 Å². The Balaban J connectivity index is 1.68. The number of aliphatic carboxylic acids is 1. The molecule has 1 aromatic rings. The number of carboxylic acid groups (broad SMARTS) is 1. The summed E-state index contributed by atoms with van der Waals surface area (Å²) in [4.78, 5) is 27.0. The molecule has 0 aromatic heterocycles. The molecule has 4 heteroatoms. The van der Waals surface area contributed by atoms with E-state index in [4.69, 9.17) is 0 Å². The number of carbonyl (C=O) groups excluding carboxylic acids is 1. The van der Waals surface area contributed by atoms with Crippen LogP contribution in [0.15, 0.2) is 29.8 Å². The van der Waals surface area contributed by atoms with Crippen molar-refractivity contribution in [3.8, 4) is 0 Å². The van der Waals surface area contributed by atoms with E-state index < -0.39 is 12.0 Å². The molecule has 4 fully saturated rings. The normalized spacial score (nSPS) is 40.8. The van der Waals surface area contributed by atoms with Crippen LogP contribution in [0.2, 0.25) is 0 Å². The largest absolute Gasteiger partial charge is 0.480 e. The van der Waals surface area contributed by atoms with Crippen LogP contribution in [0.1, 0.15) is 48.0 Å². The third-order valence-corrected chi connectivity index (χ3v) is 7.30. The van der Waals surface area contributed by atoms with Crippen LogP contribution in [0, 0.1) is 23.2 Å². The molecule has 3 atom stereocenters. The van der Waals surface area contributed by atoms with Crippen molar-refractivity contribution in [1.82, 2.24) is 4.90 Å². The summed E-state index contributed by atoms with van der Waals surface area (Å²) in [5.74, 6) is 0.851. The first-order chi connectivity index (χ1) is 11.6. The maximum atomic E-state index is 13.0. The van der Waals surface area contributed by atoms with E-state index in [0.29, 0.717) is 23.3 Å². The summed E-state index contributed by atoms with van der Waals surface area (Å²) in [5.41, 5.74) is 3.63. The maximum absolute atomic E-state index is 13.0. The SMILES string of the molecule is O=C(O)[C@H]1N2C(=O)c3ccccc3C2=C2C3CC4CC(C3)CC21C4. The molecule has 0 radical (unpaired) electrons. The molecule has 6 aliphatic rings. The highest BCUT2D eigenvalue weighted by Crippen LogP contribution is 2.70. The highest BCUT2D eigenvalue weighted by Gasteiger charge is 2.67. The van der Waals surface area contributed by atoms with Crippen LogP contribution in [-0.4, -0.2) is 27.9 Å². The molecule has 2 unspecified atom stereocenters. The van der Waals surface area contributed by atoms with Crippen LogP contribution < -0.4 is 0 Å². The molecule has 1 aromatic carbocycles. The van der Waals surface area contributed by atoms with Gasteiger partial charge in [0.25, 0.3) is 5.91 Å². The molecule has 2 heterocycles. The minimum absolute atomic E-state index is 0.108. The van der Waals surface area contributed by atoms with E-state index in [1.54, 1.807) is 4.90 Å². The summed E-state index contributed by atoms with van der Waals surface area (Å²) >= 11 is 0. The maximum Gasteiger partial charge on any atom is 0.327 e. The molecule has 2 aliphatic heterocycles. The monoisotopic (exact) mass is 321 g/mol. The molecular weight excluding hydrogens is 302 g/mol. The molecular formula is C20H19NO3. The number of rotatable bonds is 1. The number of nitrogens with zero attached hydrogens (tertiary/aromatic N) is 1. The Morgan fingerprint density at radius 2 is 1.75 bits per heavy atom. The fourth-order valence-electron chi connectivity index (χ4n) is 7.03. The van der Waals surface area contributed by atoms with Crippen molar-refractivity contribution in [3.05, 3.63) is 41.0 Å². The number of benzene rings is 1. The van der Waals surface area contributed by atoms with Gasteiger partial charge in [0.1, 0.15) is 6.04 Å². The fraction of sp³-hybridized carbons (Fsp3) is 0.500. The molecule has 0 saturated heterocycles. The van der Waals surface area contributed by atoms with Gasteiger partial charge in [0.15, 0.2) is 0 Å². The van der Waals surface area contributed by atoms with Gasteiger partial charge >= 0.3 is 5.97 Å². The van der Waals surface area contributed by atoms with Crippen LogP contribution >= 0.6 is 0 Å². The standard InChI is InChI=1S/C20H19NO3/c22-18-14-4-2-1-3-13(14)16-15-12-6-10-5-11(7-12)9-20(15,8-10)17(19(23)24)21(16)18/h1-4,10-12,17H,5-9H2,(H,23,24)/t10?,11?,12?,17-,20?/m1/s1. The Morgan fingerprint density at radius 1 is 1.08 bits per heavy atom. The van der Waals surface area contributed by atoms with Gasteiger partial charge in [-0.05, 0) is 61.5 Å². The Bertz CT molecular complexity index is 840. The van der Waals surface area contributed by atoms with Gasteiger partial charge in [0, 0.05) is 16.5 Å². The molecule has 4 nitrogen and oxygen atoms in total. The molecule has 4 aliphatic carbocycles. The number of carbonyl (C=O) groups is 2. The van der Waals surface area contributed by atoms with Gasteiger partial charge in [0.2, 0.25) is 0 Å². The second-order valence-corrected chi connectivity index (χ2v) is 8.42. The number of fused-ring (bicyclic) bond motifs is 3. The lowest BCUT2D eigenvalue weighted by Gasteiger charge is -2.57. The van der Waals surface area contributed by atoms with Crippen molar-refractivity contribution in [3.63, 3.8) is 0 Å². The topological polar surface area (TPSA) is 57.6 Å². The van der Waals surface area contributed by atoms with E-state index in [2.05, 4.69) is 0 Å². The second-order valence-electron chi connectivity index (χ2n) is 8.42. The van der Waals surface area contributed by atoms with Crippen LogP contribution in [0.5, 0.6) is 0 Å². The quantitative estimate of drug-likeness (QED) is 0.864. The van der Waals surface area contributed by atoms with E-state index in [1.807, 2.05) is 24.3 Å². The van der Waals surface area contributed by atoms with Gasteiger partial charge in [-0.3, -0.25) is 9.69 Å². The van der Waals surface area contributed by atoms with Crippen molar-refractivity contribution in [1.29, 1.82) is 0 Å². The molecule has 4 saturated carbocycles. The lowest BCUT2D eigenvalue weighted by Crippen LogP contribution is -2.56. The van der Waals surface area contributed by atoms with Crippen LogP contribution in [-0.2, 0) is 4.79 Å². The third kappa shape index (κ3) is 1.27. The van der Waals surface area contributed by atoms with Crippen LogP contribution in [0.25, 0.3) is 5.70 Å². The summed E-state index contributed by atoms with van der Waals surface area (Å²) < 4.78 is 0. The number of carboxylic acids is 1. The number of hydrogen-bond acceptors (Lipinski definition) is 2. The van der Waals surface area contributed by atoms with Gasteiger partial charge in [-0.1, -0.05) is 18.2 Å². The molecule has 7 rings (SSSR count). The van der Waals surface area contributed by atoms with Crippen molar-refractivity contribution in [2.75, 3.05) is 0 Å². The minimum atomic E-state index is -0.828. The molecule has 1 spiro atoms. The predicted molar refractivity (Wildman–Crippen MR) is 86.9 cm³/mol.